The van der Waals surface area contributed by atoms with E-state index in [2.05, 4.69) is 6.08 Å². The normalized spacial score (nSPS) is 19.3. The highest BCUT2D eigenvalue weighted by Gasteiger charge is 2.46. The van der Waals surface area contributed by atoms with Crippen molar-refractivity contribution in [3.63, 3.8) is 0 Å². The molecule has 0 amide bonds. The zero-order chi connectivity index (χ0) is 40.7. The fourth-order valence-corrected chi connectivity index (χ4v) is 8.01. The summed E-state index contributed by atoms with van der Waals surface area (Å²) in [6.45, 7) is 12.6. The fraction of sp³-hybridized carbons (Fsp3) is 0.362. The second-order valence-electron chi connectivity index (χ2n) is 15.4. The monoisotopic (exact) mass is 774 g/mol. The lowest BCUT2D eigenvalue weighted by Crippen LogP contribution is -2.43. The molecule has 8 rings (SSSR count). The molecule has 10 heteroatoms. The number of phenols is 1. The van der Waals surface area contributed by atoms with Crippen molar-refractivity contribution in [1.82, 2.24) is 0 Å². The van der Waals surface area contributed by atoms with Crippen molar-refractivity contribution in [2.24, 2.45) is 0 Å². The summed E-state index contributed by atoms with van der Waals surface area (Å²) >= 11 is 0. The number of ketones is 2. The van der Waals surface area contributed by atoms with Crippen LogP contribution in [0, 0.1) is 13.8 Å². The number of allylic oxidation sites excluding steroid dienone is 4. The number of hydrogen-bond acceptors (Lipinski definition) is 10. The van der Waals surface area contributed by atoms with Crippen molar-refractivity contribution < 1.29 is 47.9 Å². The van der Waals surface area contributed by atoms with E-state index >= 15 is 0 Å². The molecule has 0 aliphatic carbocycles. The van der Waals surface area contributed by atoms with Crippen molar-refractivity contribution >= 4 is 11.6 Å². The van der Waals surface area contributed by atoms with Crippen molar-refractivity contribution in [1.29, 1.82) is 0 Å². The molecule has 0 saturated heterocycles. The number of ether oxygens (including phenoxy) is 7. The van der Waals surface area contributed by atoms with Crippen LogP contribution in [0.5, 0.6) is 46.0 Å². The summed E-state index contributed by atoms with van der Waals surface area (Å²) in [5.41, 5.74) is 8.50. The van der Waals surface area contributed by atoms with Gasteiger partial charge in [-0.1, -0.05) is 23.3 Å². The van der Waals surface area contributed by atoms with Gasteiger partial charge in [0.05, 0.1) is 44.3 Å². The molecular formula is C47H50O10. The van der Waals surface area contributed by atoms with Crippen LogP contribution in [0.25, 0.3) is 0 Å². The SMILES string of the molecule is COc1cc2c(cc1C)OC[C@H]1Oc3c(ccc(O)c3CC=C(C)C)C(=O)[C@@H]21.COc1cc2c(cc1C)OC[C@H]1Oc3c(ccc(OC)c3CC=C(C)C)C(=O)[C@@H]21. The third-order valence-electron chi connectivity index (χ3n) is 11.0. The lowest BCUT2D eigenvalue weighted by Gasteiger charge is -2.38. The van der Waals surface area contributed by atoms with Gasteiger partial charge in [0.25, 0.3) is 0 Å². The Kier molecular flexibility index (Phi) is 11.0. The Morgan fingerprint density at radius 1 is 0.649 bits per heavy atom. The summed E-state index contributed by atoms with van der Waals surface area (Å²) in [6.07, 6.45) is 4.45. The first-order valence-electron chi connectivity index (χ1n) is 19.2. The van der Waals surface area contributed by atoms with Crippen LogP contribution in [0.2, 0.25) is 0 Å². The number of fused-ring (bicyclic) bond motifs is 8. The number of hydrogen-bond donors (Lipinski definition) is 1. The van der Waals surface area contributed by atoms with Crippen molar-refractivity contribution in [2.45, 2.75) is 78.4 Å². The van der Waals surface area contributed by atoms with Gasteiger partial charge in [-0.2, -0.15) is 0 Å². The number of carbonyl (C=O) groups is 2. The molecule has 4 aliphatic heterocycles. The number of benzene rings is 4. The number of methoxy groups -OCH3 is 3. The lowest BCUT2D eigenvalue weighted by molar-refractivity contribution is 0.0548. The van der Waals surface area contributed by atoms with E-state index in [4.69, 9.17) is 33.2 Å². The number of phenolic OH excluding ortho intramolecular Hbond substituents is 1. The van der Waals surface area contributed by atoms with Gasteiger partial charge in [0.2, 0.25) is 0 Å². The summed E-state index contributed by atoms with van der Waals surface area (Å²) in [7, 11) is 4.88. The van der Waals surface area contributed by atoms with Crippen LogP contribution in [0.4, 0.5) is 0 Å². The highest BCUT2D eigenvalue weighted by Crippen LogP contribution is 2.49. The standard InChI is InChI=1S/C24H26O5.C23H24O5/c1-13(2)6-7-15-18(26-4)9-8-16-23(25)22-17-11-19(27-5)14(3)10-20(17)28-12-21(22)29-24(15)16;1-12(2)5-6-14-17(24)8-7-15-22(25)21-16-10-18(26-4)13(3)9-19(16)27-11-20(21)28-23(14)15/h6,8-11,21-22H,7,12H2,1-5H3;5,7-10,20-21,24H,6,11H2,1-4H3/t21-,22+;20-,21+/m11/s1. The zero-order valence-electron chi connectivity index (χ0n) is 34.0. The van der Waals surface area contributed by atoms with E-state index in [0.717, 1.165) is 56.4 Å². The molecule has 0 bridgehead atoms. The van der Waals surface area contributed by atoms with Gasteiger partial charge < -0.3 is 38.3 Å². The zero-order valence-corrected chi connectivity index (χ0v) is 34.0. The van der Waals surface area contributed by atoms with E-state index in [1.165, 1.54) is 5.57 Å². The molecule has 0 unspecified atom stereocenters. The average Bonchev–Trinajstić information content (AvgIpc) is 3.18. The summed E-state index contributed by atoms with van der Waals surface area (Å²) in [4.78, 5) is 27.0. The first kappa shape index (κ1) is 39.3. The average molecular weight is 775 g/mol. The molecule has 0 saturated carbocycles. The smallest absolute Gasteiger partial charge is 0.178 e. The maximum Gasteiger partial charge on any atom is 0.178 e. The lowest BCUT2D eigenvalue weighted by atomic mass is 9.81. The number of aromatic hydroxyl groups is 1. The quantitative estimate of drug-likeness (QED) is 0.182. The van der Waals surface area contributed by atoms with Crippen LogP contribution in [-0.4, -0.2) is 63.4 Å². The maximum absolute atomic E-state index is 13.6. The van der Waals surface area contributed by atoms with E-state index in [-0.39, 0.29) is 30.0 Å². The summed E-state index contributed by atoms with van der Waals surface area (Å²) in [5, 5.41) is 10.3. The highest BCUT2D eigenvalue weighted by molar-refractivity contribution is 6.06. The van der Waals surface area contributed by atoms with Crippen LogP contribution >= 0.6 is 0 Å². The number of Topliss-reactive ketones (excluding diaryl/α,β-unsaturated/α-hetero) is 2. The van der Waals surface area contributed by atoms with Crippen molar-refractivity contribution in [3.8, 4) is 46.0 Å². The van der Waals surface area contributed by atoms with Gasteiger partial charge in [-0.3, -0.25) is 9.59 Å². The van der Waals surface area contributed by atoms with Gasteiger partial charge >= 0.3 is 0 Å². The Balaban J connectivity index is 0.000000174. The third kappa shape index (κ3) is 7.29. The predicted octanol–water partition coefficient (Wildman–Crippen LogP) is 8.98. The van der Waals surface area contributed by atoms with Crippen molar-refractivity contribution in [2.75, 3.05) is 34.5 Å². The summed E-state index contributed by atoms with van der Waals surface area (Å²) < 4.78 is 40.9. The first-order chi connectivity index (χ1) is 27.3. The van der Waals surface area contributed by atoms with Crippen LogP contribution in [0.1, 0.15) is 93.6 Å². The Hall–Kier alpha value is -5.90. The molecule has 0 aromatic heterocycles. The van der Waals surface area contributed by atoms with E-state index in [1.807, 2.05) is 78.0 Å². The second-order valence-corrected chi connectivity index (χ2v) is 15.4. The molecule has 4 heterocycles. The van der Waals surface area contributed by atoms with Gasteiger partial charge in [0.15, 0.2) is 11.6 Å². The Morgan fingerprint density at radius 3 is 1.54 bits per heavy atom. The Bertz CT molecular complexity index is 2310. The molecule has 4 aromatic rings. The molecule has 57 heavy (non-hydrogen) atoms. The molecule has 0 radical (unpaired) electrons. The van der Waals surface area contributed by atoms with Gasteiger partial charge in [0.1, 0.15) is 71.4 Å². The van der Waals surface area contributed by atoms with Gasteiger partial charge in [0, 0.05) is 22.3 Å². The minimum atomic E-state index is -0.452. The molecule has 298 valence electrons. The molecule has 1 N–H and O–H groups in total. The second kappa shape index (κ2) is 15.9. The minimum absolute atomic E-state index is 0.0137. The van der Waals surface area contributed by atoms with Crippen molar-refractivity contribution in [3.05, 3.63) is 116 Å². The van der Waals surface area contributed by atoms with Gasteiger partial charge in [-0.25, -0.2) is 0 Å². The largest absolute Gasteiger partial charge is 0.508 e. The topological polar surface area (TPSA) is 119 Å². The summed E-state index contributed by atoms with van der Waals surface area (Å²) in [5.74, 6) is 3.99. The molecule has 0 spiro atoms. The molecule has 4 aromatic carbocycles. The minimum Gasteiger partial charge on any atom is -0.508 e. The van der Waals surface area contributed by atoms with Crippen LogP contribution in [0.3, 0.4) is 0 Å². The Labute approximate surface area is 334 Å². The van der Waals surface area contributed by atoms with Crippen LogP contribution < -0.4 is 33.2 Å². The number of carbonyl (C=O) groups excluding carboxylic acids is 2. The highest BCUT2D eigenvalue weighted by atomic mass is 16.5. The number of rotatable bonds is 7. The number of aryl methyl sites for hydroxylation is 2. The van der Waals surface area contributed by atoms with Gasteiger partial charge in [-0.15, -0.1) is 0 Å². The van der Waals surface area contributed by atoms with Crippen LogP contribution in [0.15, 0.2) is 71.8 Å². The fourth-order valence-electron chi connectivity index (χ4n) is 8.01. The molecular weight excluding hydrogens is 725 g/mol. The summed E-state index contributed by atoms with van der Waals surface area (Å²) in [6, 6.07) is 14.5. The van der Waals surface area contributed by atoms with Crippen LogP contribution in [-0.2, 0) is 12.8 Å². The molecule has 4 aliphatic rings. The van der Waals surface area contributed by atoms with Gasteiger partial charge in [-0.05, 0) is 114 Å². The molecule has 4 atom stereocenters. The third-order valence-corrected chi connectivity index (χ3v) is 11.0. The van der Waals surface area contributed by atoms with E-state index in [0.29, 0.717) is 53.4 Å². The Morgan fingerprint density at radius 2 is 1.09 bits per heavy atom. The van der Waals surface area contributed by atoms with E-state index in [1.54, 1.807) is 39.5 Å². The molecule has 0 fully saturated rings. The molecule has 10 nitrogen and oxygen atoms in total. The predicted molar refractivity (Wildman–Crippen MR) is 217 cm³/mol. The van der Waals surface area contributed by atoms with E-state index in [9.17, 15) is 14.7 Å². The first-order valence-corrected chi connectivity index (χ1v) is 19.2. The van der Waals surface area contributed by atoms with E-state index < -0.39 is 17.9 Å². The maximum atomic E-state index is 13.6.